The van der Waals surface area contributed by atoms with E-state index in [-0.39, 0.29) is 0 Å². The molecule has 0 aliphatic carbocycles. The summed E-state index contributed by atoms with van der Waals surface area (Å²) in [7, 11) is 0. The molecular formula is C15H23NO2. The van der Waals surface area contributed by atoms with Crippen LogP contribution in [-0.2, 0) is 6.42 Å². The van der Waals surface area contributed by atoms with Crippen LogP contribution < -0.4 is 5.32 Å². The smallest absolute Gasteiger partial charge is 0.335 e. The lowest BCUT2D eigenvalue weighted by atomic mass is 10.0. The number of carbonyl (C=O) groups is 1. The molecule has 0 amide bonds. The number of carboxylic acids is 1. The number of hydrogen-bond acceptors (Lipinski definition) is 2. The summed E-state index contributed by atoms with van der Waals surface area (Å²) in [6.07, 6.45) is 4.60. The first kappa shape index (κ1) is 14.7. The number of hydrogen-bond donors (Lipinski definition) is 2. The van der Waals surface area contributed by atoms with E-state index in [0.29, 0.717) is 5.56 Å². The van der Waals surface area contributed by atoms with E-state index in [1.807, 2.05) is 6.92 Å². The zero-order chi connectivity index (χ0) is 13.4. The number of nitrogens with one attached hydrogen (secondary N) is 1. The van der Waals surface area contributed by atoms with Crippen molar-refractivity contribution in [3.63, 3.8) is 0 Å². The average molecular weight is 249 g/mol. The Morgan fingerprint density at radius 3 is 2.67 bits per heavy atom. The lowest BCUT2D eigenvalue weighted by Gasteiger charge is -2.07. The third kappa shape index (κ3) is 5.32. The highest BCUT2D eigenvalue weighted by atomic mass is 16.4. The normalized spacial score (nSPS) is 10.6. The van der Waals surface area contributed by atoms with Crippen molar-refractivity contribution in [2.24, 2.45) is 0 Å². The van der Waals surface area contributed by atoms with Crippen LogP contribution in [0, 0.1) is 6.92 Å². The Balaban J connectivity index is 2.40. The highest BCUT2D eigenvalue weighted by molar-refractivity contribution is 5.88. The summed E-state index contributed by atoms with van der Waals surface area (Å²) in [5, 5.41) is 12.4. The third-order valence-corrected chi connectivity index (χ3v) is 2.93. The number of carboxylic acid groups (broad SMARTS) is 1. The summed E-state index contributed by atoms with van der Waals surface area (Å²) in [6, 6.07) is 5.53. The van der Waals surface area contributed by atoms with Gasteiger partial charge in [-0.2, -0.15) is 0 Å². The molecule has 0 heterocycles. The number of unbranched alkanes of at least 4 members (excludes halogenated alkanes) is 2. The van der Waals surface area contributed by atoms with Gasteiger partial charge in [-0.05, 0) is 56.1 Å². The fourth-order valence-electron chi connectivity index (χ4n) is 1.99. The lowest BCUT2D eigenvalue weighted by Crippen LogP contribution is -2.18. The zero-order valence-electron chi connectivity index (χ0n) is 11.3. The summed E-state index contributed by atoms with van der Waals surface area (Å²) in [4.78, 5) is 10.9. The van der Waals surface area contributed by atoms with Crippen LogP contribution in [0.2, 0.25) is 0 Å². The Bertz CT molecular complexity index is 388. The van der Waals surface area contributed by atoms with Crippen molar-refractivity contribution in [3.05, 3.63) is 34.9 Å². The van der Waals surface area contributed by atoms with Gasteiger partial charge in [-0.1, -0.05) is 25.8 Å². The maximum Gasteiger partial charge on any atom is 0.335 e. The molecule has 0 saturated carbocycles. The summed E-state index contributed by atoms with van der Waals surface area (Å²) < 4.78 is 0. The molecule has 0 spiro atoms. The SMILES string of the molecule is CCCCCNCCc1cc(C)cc(C(=O)O)c1. The fourth-order valence-corrected chi connectivity index (χ4v) is 1.99. The molecule has 0 saturated heterocycles. The monoisotopic (exact) mass is 249 g/mol. The predicted molar refractivity (Wildman–Crippen MR) is 74.2 cm³/mol. The first-order chi connectivity index (χ1) is 8.63. The molecule has 0 aromatic heterocycles. The van der Waals surface area contributed by atoms with Crippen LogP contribution in [0.25, 0.3) is 0 Å². The van der Waals surface area contributed by atoms with Crippen molar-refractivity contribution in [1.82, 2.24) is 5.32 Å². The van der Waals surface area contributed by atoms with E-state index in [4.69, 9.17) is 5.11 Å². The number of rotatable bonds is 8. The molecule has 1 rings (SSSR count). The molecule has 0 unspecified atom stereocenters. The second-order valence-electron chi connectivity index (χ2n) is 4.72. The minimum atomic E-state index is -0.851. The van der Waals surface area contributed by atoms with Crippen LogP contribution in [0.4, 0.5) is 0 Å². The Morgan fingerprint density at radius 2 is 2.00 bits per heavy atom. The minimum Gasteiger partial charge on any atom is -0.478 e. The molecule has 0 atom stereocenters. The molecule has 100 valence electrons. The van der Waals surface area contributed by atoms with E-state index in [9.17, 15) is 4.79 Å². The summed E-state index contributed by atoms with van der Waals surface area (Å²) in [5.41, 5.74) is 2.49. The van der Waals surface area contributed by atoms with E-state index in [1.165, 1.54) is 19.3 Å². The van der Waals surface area contributed by atoms with E-state index in [1.54, 1.807) is 12.1 Å². The molecule has 0 radical (unpaired) electrons. The van der Waals surface area contributed by atoms with Crippen molar-refractivity contribution in [1.29, 1.82) is 0 Å². The van der Waals surface area contributed by atoms with Crippen molar-refractivity contribution >= 4 is 5.97 Å². The molecule has 3 nitrogen and oxygen atoms in total. The third-order valence-electron chi connectivity index (χ3n) is 2.93. The first-order valence-electron chi connectivity index (χ1n) is 6.68. The van der Waals surface area contributed by atoms with Gasteiger partial charge in [0.05, 0.1) is 5.56 Å². The minimum absolute atomic E-state index is 0.385. The average Bonchev–Trinajstić information content (AvgIpc) is 2.33. The first-order valence-corrected chi connectivity index (χ1v) is 6.68. The molecule has 18 heavy (non-hydrogen) atoms. The molecule has 0 aliphatic rings. The second-order valence-corrected chi connectivity index (χ2v) is 4.72. The summed E-state index contributed by atoms with van der Waals surface area (Å²) in [5.74, 6) is -0.851. The number of benzene rings is 1. The topological polar surface area (TPSA) is 49.3 Å². The molecular weight excluding hydrogens is 226 g/mol. The van der Waals surface area contributed by atoms with Crippen LogP contribution in [0.5, 0.6) is 0 Å². The number of aryl methyl sites for hydroxylation is 1. The van der Waals surface area contributed by atoms with Gasteiger partial charge in [-0.25, -0.2) is 4.79 Å². The maximum absolute atomic E-state index is 10.9. The molecule has 1 aromatic carbocycles. The molecule has 2 N–H and O–H groups in total. The van der Waals surface area contributed by atoms with E-state index < -0.39 is 5.97 Å². The van der Waals surface area contributed by atoms with Gasteiger partial charge in [0, 0.05) is 0 Å². The summed E-state index contributed by atoms with van der Waals surface area (Å²) in [6.45, 7) is 6.09. The van der Waals surface area contributed by atoms with Crippen LogP contribution in [0.15, 0.2) is 18.2 Å². The van der Waals surface area contributed by atoms with Gasteiger partial charge in [0.1, 0.15) is 0 Å². The van der Waals surface area contributed by atoms with Gasteiger partial charge in [0.15, 0.2) is 0 Å². The molecule has 3 heteroatoms. The van der Waals surface area contributed by atoms with E-state index in [2.05, 4.69) is 18.3 Å². The quantitative estimate of drug-likeness (QED) is 0.696. The van der Waals surface area contributed by atoms with Gasteiger partial charge in [0.25, 0.3) is 0 Å². The van der Waals surface area contributed by atoms with Crippen LogP contribution in [0.3, 0.4) is 0 Å². The van der Waals surface area contributed by atoms with Crippen LogP contribution in [0.1, 0.15) is 47.7 Å². The Hall–Kier alpha value is -1.35. The van der Waals surface area contributed by atoms with Crippen molar-refractivity contribution in [2.75, 3.05) is 13.1 Å². The highest BCUT2D eigenvalue weighted by Gasteiger charge is 2.05. The lowest BCUT2D eigenvalue weighted by molar-refractivity contribution is 0.0696. The standard InChI is InChI=1S/C15H23NO2/c1-3-4-5-7-16-8-6-13-9-12(2)10-14(11-13)15(17)18/h9-11,16H,3-8H2,1-2H3,(H,17,18). The Kier molecular flexibility index (Phi) is 6.44. The van der Waals surface area contributed by atoms with Gasteiger partial charge in [0.2, 0.25) is 0 Å². The van der Waals surface area contributed by atoms with Crippen molar-refractivity contribution < 1.29 is 9.90 Å². The van der Waals surface area contributed by atoms with Gasteiger partial charge in [-0.15, -0.1) is 0 Å². The Morgan fingerprint density at radius 1 is 1.22 bits per heavy atom. The second kappa shape index (κ2) is 7.88. The van der Waals surface area contributed by atoms with Gasteiger partial charge < -0.3 is 10.4 Å². The maximum atomic E-state index is 10.9. The zero-order valence-corrected chi connectivity index (χ0v) is 11.3. The van der Waals surface area contributed by atoms with Gasteiger partial charge >= 0.3 is 5.97 Å². The van der Waals surface area contributed by atoms with Crippen LogP contribution >= 0.6 is 0 Å². The van der Waals surface area contributed by atoms with Crippen molar-refractivity contribution in [3.8, 4) is 0 Å². The van der Waals surface area contributed by atoms with Gasteiger partial charge in [-0.3, -0.25) is 0 Å². The largest absolute Gasteiger partial charge is 0.478 e. The van der Waals surface area contributed by atoms with E-state index >= 15 is 0 Å². The van der Waals surface area contributed by atoms with Crippen molar-refractivity contribution in [2.45, 2.75) is 39.5 Å². The molecule has 0 aliphatic heterocycles. The highest BCUT2D eigenvalue weighted by Crippen LogP contribution is 2.10. The fraction of sp³-hybridized carbons (Fsp3) is 0.533. The summed E-state index contributed by atoms with van der Waals surface area (Å²) >= 11 is 0. The number of aromatic carboxylic acids is 1. The molecule has 0 fully saturated rings. The Labute approximate surface area is 109 Å². The molecule has 1 aromatic rings. The van der Waals surface area contributed by atoms with E-state index in [0.717, 1.165) is 30.6 Å². The molecule has 0 bridgehead atoms. The predicted octanol–water partition coefficient (Wildman–Crippen LogP) is 3.02. The van der Waals surface area contributed by atoms with Crippen LogP contribution in [-0.4, -0.2) is 24.2 Å².